The Kier molecular flexibility index (Phi) is 5.67. The quantitative estimate of drug-likeness (QED) is 0.712. The van der Waals surface area contributed by atoms with Gasteiger partial charge in [-0.15, -0.1) is 0 Å². The number of fused-ring (bicyclic) bond motifs is 1. The van der Waals surface area contributed by atoms with E-state index in [9.17, 15) is 23.2 Å². The van der Waals surface area contributed by atoms with Crippen LogP contribution < -0.4 is 16.0 Å². The molecule has 2 aromatic carbocycles. The maximum absolute atomic E-state index is 13.6. The van der Waals surface area contributed by atoms with Crippen LogP contribution in [-0.2, 0) is 16.0 Å². The number of carbonyl (C=O) groups is 3. The van der Waals surface area contributed by atoms with Crippen molar-refractivity contribution in [3.63, 3.8) is 0 Å². The molecule has 6 nitrogen and oxygen atoms in total. The lowest BCUT2D eigenvalue weighted by Crippen LogP contribution is -2.32. The smallest absolute Gasteiger partial charge is 0.254 e. The molecule has 1 aliphatic rings. The third kappa shape index (κ3) is 4.51. The molecule has 0 saturated carbocycles. The molecule has 2 aromatic rings. The van der Waals surface area contributed by atoms with Crippen LogP contribution in [0.4, 0.5) is 14.5 Å². The molecule has 146 valence electrons. The van der Waals surface area contributed by atoms with Gasteiger partial charge in [-0.2, -0.15) is 0 Å². The largest absolute Gasteiger partial charge is 0.351 e. The first-order valence-corrected chi connectivity index (χ1v) is 8.79. The van der Waals surface area contributed by atoms with Crippen LogP contribution in [0, 0.1) is 11.6 Å². The minimum absolute atomic E-state index is 0.00385. The molecular formula is C20H19F2N3O3. The van der Waals surface area contributed by atoms with Gasteiger partial charge in [0.2, 0.25) is 11.8 Å². The van der Waals surface area contributed by atoms with E-state index in [1.54, 1.807) is 6.07 Å². The molecule has 0 bridgehead atoms. The van der Waals surface area contributed by atoms with E-state index in [4.69, 9.17) is 0 Å². The Morgan fingerprint density at radius 2 is 1.96 bits per heavy atom. The van der Waals surface area contributed by atoms with Crippen LogP contribution in [0.5, 0.6) is 0 Å². The molecular weight excluding hydrogens is 368 g/mol. The Hall–Kier alpha value is -3.29. The second kappa shape index (κ2) is 8.16. The molecule has 1 aliphatic heterocycles. The van der Waals surface area contributed by atoms with Gasteiger partial charge in [-0.05, 0) is 36.2 Å². The number of benzene rings is 2. The highest BCUT2D eigenvalue weighted by atomic mass is 19.1. The van der Waals surface area contributed by atoms with Gasteiger partial charge in [0.25, 0.3) is 5.91 Å². The van der Waals surface area contributed by atoms with Crippen molar-refractivity contribution in [2.24, 2.45) is 0 Å². The average molecular weight is 387 g/mol. The molecule has 3 rings (SSSR count). The molecule has 0 aliphatic carbocycles. The molecule has 3 amide bonds. The molecule has 0 saturated heterocycles. The molecule has 0 spiro atoms. The summed E-state index contributed by atoms with van der Waals surface area (Å²) in [6, 6.07) is 7.89. The summed E-state index contributed by atoms with van der Waals surface area (Å²) in [6.45, 7) is 1.83. The summed E-state index contributed by atoms with van der Waals surface area (Å²) >= 11 is 0. The predicted molar refractivity (Wildman–Crippen MR) is 98.6 cm³/mol. The van der Waals surface area contributed by atoms with Gasteiger partial charge in [0.05, 0.1) is 18.0 Å². The fourth-order valence-electron chi connectivity index (χ4n) is 2.97. The van der Waals surface area contributed by atoms with Crippen LogP contribution in [0.25, 0.3) is 0 Å². The lowest BCUT2D eigenvalue weighted by Gasteiger charge is -2.15. The monoisotopic (exact) mass is 387 g/mol. The zero-order chi connectivity index (χ0) is 20.3. The fourth-order valence-corrected chi connectivity index (χ4v) is 2.97. The highest BCUT2D eigenvalue weighted by molar-refractivity contribution is 5.99. The summed E-state index contributed by atoms with van der Waals surface area (Å²) in [7, 11) is 0. The number of hydrogen-bond acceptors (Lipinski definition) is 3. The van der Waals surface area contributed by atoms with Crippen molar-refractivity contribution in [2.75, 3.05) is 11.9 Å². The summed E-state index contributed by atoms with van der Waals surface area (Å²) in [5.74, 6) is -2.79. The van der Waals surface area contributed by atoms with Crippen LogP contribution in [0.2, 0.25) is 0 Å². The van der Waals surface area contributed by atoms with Crippen molar-refractivity contribution in [3.05, 3.63) is 64.7 Å². The maximum Gasteiger partial charge on any atom is 0.254 e. The molecule has 0 fully saturated rings. The Morgan fingerprint density at radius 1 is 1.18 bits per heavy atom. The number of rotatable bonds is 6. The van der Waals surface area contributed by atoms with E-state index in [-0.39, 0.29) is 36.4 Å². The van der Waals surface area contributed by atoms with Crippen molar-refractivity contribution in [1.82, 2.24) is 10.6 Å². The Morgan fingerprint density at radius 3 is 2.71 bits per heavy atom. The molecule has 3 N–H and O–H groups in total. The molecule has 8 heteroatoms. The van der Waals surface area contributed by atoms with Gasteiger partial charge in [0, 0.05) is 24.7 Å². The van der Waals surface area contributed by atoms with Gasteiger partial charge in [0.1, 0.15) is 11.6 Å². The number of halogens is 2. The van der Waals surface area contributed by atoms with E-state index >= 15 is 0 Å². The second-order valence-electron chi connectivity index (χ2n) is 6.56. The van der Waals surface area contributed by atoms with E-state index in [0.29, 0.717) is 12.5 Å². The van der Waals surface area contributed by atoms with E-state index in [0.717, 1.165) is 28.9 Å². The van der Waals surface area contributed by atoms with E-state index in [1.807, 2.05) is 19.1 Å². The summed E-state index contributed by atoms with van der Waals surface area (Å²) in [5, 5.41) is 8.00. The zero-order valence-electron chi connectivity index (χ0n) is 15.1. The minimum Gasteiger partial charge on any atom is -0.351 e. The van der Waals surface area contributed by atoms with Gasteiger partial charge in [-0.25, -0.2) is 8.78 Å². The molecule has 0 aromatic heterocycles. The van der Waals surface area contributed by atoms with E-state index < -0.39 is 17.5 Å². The topological polar surface area (TPSA) is 87.3 Å². The van der Waals surface area contributed by atoms with Crippen molar-refractivity contribution >= 4 is 23.4 Å². The average Bonchev–Trinajstić information content (AvgIpc) is 3.00. The highest BCUT2D eigenvalue weighted by Crippen LogP contribution is 2.26. The lowest BCUT2D eigenvalue weighted by molar-refractivity contribution is -0.121. The predicted octanol–water partition coefficient (Wildman–Crippen LogP) is 2.46. The minimum atomic E-state index is -0.958. The fraction of sp³-hybridized carbons (Fsp3) is 0.250. The molecule has 1 heterocycles. The summed E-state index contributed by atoms with van der Waals surface area (Å²) in [4.78, 5) is 35.4. The molecule has 1 atom stereocenters. The van der Waals surface area contributed by atoms with Crippen molar-refractivity contribution in [1.29, 1.82) is 0 Å². The van der Waals surface area contributed by atoms with Gasteiger partial charge in [-0.1, -0.05) is 12.1 Å². The number of carbonyl (C=O) groups excluding carboxylic acids is 3. The first-order chi connectivity index (χ1) is 13.3. The van der Waals surface area contributed by atoms with Crippen LogP contribution in [-0.4, -0.2) is 24.3 Å². The SMILES string of the molecule is CC(NC(=O)CCNC(=O)c1ccc(F)cc1F)c1ccc2c(c1)CC(=O)N2. The van der Waals surface area contributed by atoms with E-state index in [1.165, 1.54) is 0 Å². The summed E-state index contributed by atoms with van der Waals surface area (Å²) in [5.41, 5.74) is 2.25. The summed E-state index contributed by atoms with van der Waals surface area (Å²) in [6.07, 6.45) is 0.319. The van der Waals surface area contributed by atoms with Crippen LogP contribution >= 0.6 is 0 Å². The van der Waals surface area contributed by atoms with Gasteiger partial charge in [0.15, 0.2) is 0 Å². The van der Waals surface area contributed by atoms with Gasteiger partial charge >= 0.3 is 0 Å². The Labute approximate surface area is 160 Å². The Bertz CT molecular complexity index is 946. The van der Waals surface area contributed by atoms with Crippen molar-refractivity contribution < 1.29 is 23.2 Å². The maximum atomic E-state index is 13.6. The normalized spacial score (nSPS) is 13.5. The van der Waals surface area contributed by atoms with Gasteiger partial charge < -0.3 is 16.0 Å². The third-order valence-corrected chi connectivity index (χ3v) is 4.45. The van der Waals surface area contributed by atoms with Gasteiger partial charge in [-0.3, -0.25) is 14.4 Å². The van der Waals surface area contributed by atoms with Crippen LogP contribution in [0.15, 0.2) is 36.4 Å². The lowest BCUT2D eigenvalue weighted by atomic mass is 10.0. The number of amides is 3. The number of nitrogens with one attached hydrogen (secondary N) is 3. The number of anilines is 1. The van der Waals surface area contributed by atoms with Crippen molar-refractivity contribution in [3.8, 4) is 0 Å². The number of hydrogen-bond donors (Lipinski definition) is 3. The first-order valence-electron chi connectivity index (χ1n) is 8.79. The zero-order valence-corrected chi connectivity index (χ0v) is 15.1. The van der Waals surface area contributed by atoms with Crippen LogP contribution in [0.1, 0.15) is 40.9 Å². The summed E-state index contributed by atoms with van der Waals surface area (Å²) < 4.78 is 26.4. The second-order valence-corrected chi connectivity index (χ2v) is 6.56. The molecule has 0 radical (unpaired) electrons. The van der Waals surface area contributed by atoms with E-state index in [2.05, 4.69) is 16.0 Å². The first kappa shape index (κ1) is 19.5. The standard InChI is InChI=1S/C20H19F2N3O3/c1-11(12-2-5-17-13(8-12)9-19(27)25-17)24-18(26)6-7-23-20(28)15-4-3-14(21)10-16(15)22/h2-5,8,10-11H,6-7,9H2,1H3,(H,23,28)(H,24,26)(H,25,27). The van der Waals surface area contributed by atoms with Crippen molar-refractivity contribution in [2.45, 2.75) is 25.8 Å². The van der Waals surface area contributed by atoms with Crippen LogP contribution in [0.3, 0.4) is 0 Å². The highest BCUT2D eigenvalue weighted by Gasteiger charge is 2.19. The molecule has 28 heavy (non-hydrogen) atoms. The third-order valence-electron chi connectivity index (χ3n) is 4.45. The Balaban J connectivity index is 1.48. The molecule has 1 unspecified atom stereocenters.